The third-order valence-corrected chi connectivity index (χ3v) is 2.62. The van der Waals surface area contributed by atoms with Gasteiger partial charge in [0, 0.05) is 12.1 Å². The van der Waals surface area contributed by atoms with Gasteiger partial charge in [0.05, 0.1) is 5.56 Å². The highest BCUT2D eigenvalue weighted by atomic mass is 16.1. The average Bonchev–Trinajstić information content (AvgIpc) is 2.45. The number of terminal acetylenes is 1. The van der Waals surface area contributed by atoms with Crippen LogP contribution in [0.15, 0.2) is 54.6 Å². The van der Waals surface area contributed by atoms with E-state index >= 15 is 0 Å². The van der Waals surface area contributed by atoms with Crippen LogP contribution >= 0.6 is 0 Å². The first-order chi connectivity index (χ1) is 8.81. The minimum absolute atomic E-state index is 0.146. The molecule has 0 heterocycles. The molecule has 0 radical (unpaired) electrons. The molecule has 0 fully saturated rings. The normalized spacial score (nSPS) is 9.50. The number of hydrogen-bond acceptors (Lipinski definition) is 1. The van der Waals surface area contributed by atoms with Crippen molar-refractivity contribution >= 4 is 5.91 Å². The largest absolute Gasteiger partial charge is 0.348 e. The van der Waals surface area contributed by atoms with E-state index < -0.39 is 0 Å². The van der Waals surface area contributed by atoms with Crippen LogP contribution in [0.25, 0.3) is 0 Å². The summed E-state index contributed by atoms with van der Waals surface area (Å²) in [5, 5.41) is 2.86. The molecule has 2 heteroatoms. The Labute approximate surface area is 107 Å². The summed E-state index contributed by atoms with van der Waals surface area (Å²) in [5.41, 5.74) is 2.21. The third-order valence-electron chi connectivity index (χ3n) is 2.62. The molecule has 0 atom stereocenters. The summed E-state index contributed by atoms with van der Waals surface area (Å²) in [4.78, 5) is 12.0. The van der Waals surface area contributed by atoms with Gasteiger partial charge >= 0.3 is 0 Å². The number of benzene rings is 2. The Morgan fingerprint density at radius 1 is 1.06 bits per heavy atom. The van der Waals surface area contributed by atoms with Crippen LogP contribution in [0.2, 0.25) is 0 Å². The topological polar surface area (TPSA) is 29.1 Å². The molecule has 0 saturated heterocycles. The number of rotatable bonds is 3. The van der Waals surface area contributed by atoms with Crippen molar-refractivity contribution in [1.29, 1.82) is 0 Å². The van der Waals surface area contributed by atoms with Gasteiger partial charge in [-0.25, -0.2) is 0 Å². The molecule has 1 amide bonds. The fourth-order valence-corrected chi connectivity index (χ4v) is 1.68. The molecule has 18 heavy (non-hydrogen) atoms. The highest BCUT2D eigenvalue weighted by Gasteiger charge is 2.08. The molecule has 0 spiro atoms. The summed E-state index contributed by atoms with van der Waals surface area (Å²) < 4.78 is 0. The first-order valence-corrected chi connectivity index (χ1v) is 5.69. The van der Waals surface area contributed by atoms with E-state index in [1.165, 1.54) is 0 Å². The number of amides is 1. The molecule has 88 valence electrons. The summed E-state index contributed by atoms with van der Waals surface area (Å²) in [6, 6.07) is 16.9. The maximum atomic E-state index is 12.0. The molecule has 2 aromatic rings. The van der Waals surface area contributed by atoms with Gasteiger partial charge in [-0.3, -0.25) is 4.79 Å². The second-order valence-electron chi connectivity index (χ2n) is 3.86. The molecular formula is C16H13NO. The van der Waals surface area contributed by atoms with Crippen molar-refractivity contribution in [3.63, 3.8) is 0 Å². The summed E-state index contributed by atoms with van der Waals surface area (Å²) in [5.74, 6) is 2.37. The zero-order valence-corrected chi connectivity index (χ0v) is 9.89. The number of carbonyl (C=O) groups excluding carboxylic acids is 1. The van der Waals surface area contributed by atoms with Crippen LogP contribution in [0.3, 0.4) is 0 Å². The van der Waals surface area contributed by atoms with Gasteiger partial charge in [0.2, 0.25) is 0 Å². The molecule has 2 nitrogen and oxygen atoms in total. The van der Waals surface area contributed by atoms with E-state index in [1.807, 2.05) is 36.4 Å². The third kappa shape index (κ3) is 2.78. The summed E-state index contributed by atoms with van der Waals surface area (Å²) >= 11 is 0. The lowest BCUT2D eigenvalue weighted by atomic mass is 10.1. The Hall–Kier alpha value is -2.53. The smallest absolute Gasteiger partial charge is 0.252 e. The van der Waals surface area contributed by atoms with Crippen molar-refractivity contribution in [2.75, 3.05) is 0 Å². The Morgan fingerprint density at radius 2 is 1.72 bits per heavy atom. The van der Waals surface area contributed by atoms with E-state index in [0.717, 1.165) is 5.56 Å². The van der Waals surface area contributed by atoms with Crippen LogP contribution in [-0.4, -0.2) is 5.91 Å². The molecule has 0 bridgehead atoms. The van der Waals surface area contributed by atoms with Crippen LogP contribution < -0.4 is 5.32 Å². The molecule has 0 aliphatic rings. The van der Waals surface area contributed by atoms with Crippen LogP contribution in [0.1, 0.15) is 21.5 Å². The molecule has 0 aromatic heterocycles. The molecule has 2 rings (SSSR count). The second kappa shape index (κ2) is 5.70. The highest BCUT2D eigenvalue weighted by molar-refractivity contribution is 5.96. The van der Waals surface area contributed by atoms with Gasteiger partial charge in [-0.15, -0.1) is 6.42 Å². The minimum atomic E-state index is -0.146. The van der Waals surface area contributed by atoms with Gasteiger partial charge < -0.3 is 5.32 Å². The molecule has 0 aliphatic carbocycles. The Balaban J connectivity index is 2.07. The Morgan fingerprint density at radius 3 is 2.44 bits per heavy atom. The molecule has 0 unspecified atom stereocenters. The van der Waals surface area contributed by atoms with E-state index in [1.54, 1.807) is 18.2 Å². The van der Waals surface area contributed by atoms with Crippen LogP contribution in [-0.2, 0) is 6.54 Å². The summed E-state index contributed by atoms with van der Waals surface area (Å²) in [6.07, 6.45) is 5.37. The van der Waals surface area contributed by atoms with Crippen LogP contribution in [0.4, 0.5) is 0 Å². The van der Waals surface area contributed by atoms with Crippen molar-refractivity contribution in [3.05, 3.63) is 71.3 Å². The fourth-order valence-electron chi connectivity index (χ4n) is 1.68. The van der Waals surface area contributed by atoms with E-state index in [4.69, 9.17) is 6.42 Å². The number of carbonyl (C=O) groups is 1. The summed E-state index contributed by atoms with van der Waals surface area (Å²) in [6.45, 7) is 0.499. The van der Waals surface area contributed by atoms with Crippen LogP contribution in [0, 0.1) is 12.3 Å². The lowest BCUT2D eigenvalue weighted by Crippen LogP contribution is -2.23. The van der Waals surface area contributed by atoms with Gasteiger partial charge in [-0.05, 0) is 17.7 Å². The Bertz CT molecular complexity index is 582. The van der Waals surface area contributed by atoms with Crippen molar-refractivity contribution in [1.82, 2.24) is 5.32 Å². The highest BCUT2D eigenvalue weighted by Crippen LogP contribution is 2.07. The maximum Gasteiger partial charge on any atom is 0.252 e. The van der Waals surface area contributed by atoms with Crippen molar-refractivity contribution < 1.29 is 4.79 Å². The molecule has 0 saturated carbocycles. The second-order valence-corrected chi connectivity index (χ2v) is 3.86. The quantitative estimate of drug-likeness (QED) is 0.814. The van der Waals surface area contributed by atoms with Crippen molar-refractivity contribution in [2.24, 2.45) is 0 Å². The molecule has 0 aliphatic heterocycles. The fraction of sp³-hybridized carbons (Fsp3) is 0.0625. The van der Waals surface area contributed by atoms with Gasteiger partial charge in [0.15, 0.2) is 0 Å². The maximum absolute atomic E-state index is 12.0. The van der Waals surface area contributed by atoms with Crippen molar-refractivity contribution in [3.8, 4) is 12.3 Å². The SMILES string of the molecule is C#Cc1ccccc1C(=O)NCc1ccccc1. The number of hydrogen-bond donors (Lipinski definition) is 1. The predicted molar refractivity (Wildman–Crippen MR) is 72.0 cm³/mol. The average molecular weight is 235 g/mol. The lowest BCUT2D eigenvalue weighted by Gasteiger charge is -2.06. The van der Waals surface area contributed by atoms with Crippen molar-refractivity contribution in [2.45, 2.75) is 6.54 Å². The van der Waals surface area contributed by atoms with E-state index in [0.29, 0.717) is 17.7 Å². The molecule has 2 aromatic carbocycles. The van der Waals surface area contributed by atoms with E-state index in [9.17, 15) is 4.79 Å². The molecule has 1 N–H and O–H groups in total. The van der Waals surface area contributed by atoms with Gasteiger partial charge in [-0.2, -0.15) is 0 Å². The minimum Gasteiger partial charge on any atom is -0.348 e. The first-order valence-electron chi connectivity index (χ1n) is 5.69. The zero-order valence-electron chi connectivity index (χ0n) is 9.89. The van der Waals surface area contributed by atoms with E-state index in [-0.39, 0.29) is 5.91 Å². The van der Waals surface area contributed by atoms with E-state index in [2.05, 4.69) is 11.2 Å². The number of nitrogens with one attached hydrogen (secondary N) is 1. The monoisotopic (exact) mass is 235 g/mol. The zero-order chi connectivity index (χ0) is 12.8. The summed E-state index contributed by atoms with van der Waals surface area (Å²) in [7, 11) is 0. The Kier molecular flexibility index (Phi) is 3.78. The van der Waals surface area contributed by atoms with Gasteiger partial charge in [-0.1, -0.05) is 48.4 Å². The van der Waals surface area contributed by atoms with Gasteiger partial charge in [0.25, 0.3) is 5.91 Å². The lowest BCUT2D eigenvalue weighted by molar-refractivity contribution is 0.0950. The van der Waals surface area contributed by atoms with Crippen LogP contribution in [0.5, 0.6) is 0 Å². The molecular weight excluding hydrogens is 222 g/mol. The standard InChI is InChI=1S/C16H13NO/c1-2-14-10-6-7-11-15(14)16(18)17-12-13-8-4-3-5-9-13/h1,3-11H,12H2,(H,17,18). The van der Waals surface area contributed by atoms with Gasteiger partial charge in [0.1, 0.15) is 0 Å². The first kappa shape index (κ1) is 11.9. The predicted octanol–water partition coefficient (Wildman–Crippen LogP) is 2.60.